The molecule has 2 aliphatic rings. The second-order valence-electron chi connectivity index (χ2n) is 16.3. The Hall–Kier alpha value is -5.31. The zero-order valence-electron chi connectivity index (χ0n) is 34.1. The van der Waals surface area contributed by atoms with Gasteiger partial charge in [0, 0.05) is 49.9 Å². The quantitative estimate of drug-likeness (QED) is 0.0494. The molecular formula is C46H48N8O3S3. The van der Waals surface area contributed by atoms with E-state index in [2.05, 4.69) is 66.2 Å². The van der Waals surface area contributed by atoms with Crippen LogP contribution >= 0.6 is 37.9 Å². The zero-order chi connectivity index (χ0) is 42.6. The number of carbonyl (C=O) groups is 2. The van der Waals surface area contributed by atoms with E-state index < -0.39 is 11.3 Å². The average Bonchev–Trinajstić information content (AvgIpc) is 3.23. The summed E-state index contributed by atoms with van der Waals surface area (Å²) in [6.45, 7) is 9.30. The summed E-state index contributed by atoms with van der Waals surface area (Å²) < 4.78 is 1.43. The van der Waals surface area contributed by atoms with Crippen molar-refractivity contribution in [2.45, 2.75) is 80.5 Å². The third-order valence-electron chi connectivity index (χ3n) is 12.9. The van der Waals surface area contributed by atoms with Crippen LogP contribution in [-0.4, -0.2) is 37.1 Å². The molecule has 0 bridgehead atoms. The minimum Gasteiger partial charge on any atom is -0.368 e. The summed E-state index contributed by atoms with van der Waals surface area (Å²) in [7, 11) is 1.61. The first-order chi connectivity index (χ1) is 28.7. The van der Waals surface area contributed by atoms with E-state index in [0.29, 0.717) is 93.7 Å². The number of carbonyl (C=O) groups excluding carboxylic acids is 2. The van der Waals surface area contributed by atoms with Crippen molar-refractivity contribution in [2.24, 2.45) is 24.3 Å². The van der Waals surface area contributed by atoms with Crippen LogP contribution < -0.4 is 27.2 Å². The molecule has 60 heavy (non-hydrogen) atoms. The number of nitrogens with two attached hydrogens (primary N) is 1. The molecule has 0 amide bonds. The number of nitrogen functional groups attached to an aromatic ring is 1. The van der Waals surface area contributed by atoms with Crippen molar-refractivity contribution in [2.75, 3.05) is 21.7 Å². The molecule has 1 saturated carbocycles. The number of benzene rings is 4. The molecule has 2 aromatic heterocycles. The number of hydrogen-bond acceptors (Lipinski definition) is 13. The highest BCUT2D eigenvalue weighted by Gasteiger charge is 2.38. The lowest BCUT2D eigenvalue weighted by Gasteiger charge is -2.43. The molecular weight excluding hydrogens is 809 g/mol. The lowest BCUT2D eigenvalue weighted by Crippen LogP contribution is -2.39. The standard InChI is InChI=1S/C46H48N8O3S3/c1-6-46(4,7-2)25-15-16-29(23(3)19-25)49-44-51-43(47)52-45(53-44)50-32-21-31(34(59)22-35(32)60)48-30-17-18-33-38-36(27-13-8-9-14-28(27)41(56)37(30)38)39(42(57)54(33)5)40(55)24-11-10-12-26(58)20-24/h8-14,17-18,20-23,25,29,48,58-60H,6-7,15-16,19H2,1-5H3,(H4,47,49,50,51,52,53). The van der Waals surface area contributed by atoms with Gasteiger partial charge in [-0.1, -0.05) is 76.9 Å². The Bertz CT molecular complexity index is 2790. The molecule has 14 heteroatoms. The van der Waals surface area contributed by atoms with Crippen molar-refractivity contribution >= 4 is 95.3 Å². The Morgan fingerprint density at radius 1 is 0.833 bits per heavy atom. The molecule has 6 aromatic rings. The molecule has 11 nitrogen and oxygen atoms in total. The molecule has 2 heterocycles. The smallest absolute Gasteiger partial charge is 0.262 e. The number of hydrogen-bond donors (Lipinski definition) is 7. The number of ketones is 2. The number of nitrogens with zero attached hydrogens (tertiary/aromatic N) is 4. The first kappa shape index (κ1) is 41.4. The fourth-order valence-corrected chi connectivity index (χ4v) is 9.90. The molecule has 2 aliphatic carbocycles. The summed E-state index contributed by atoms with van der Waals surface area (Å²) in [5.41, 5.74) is 10.1. The minimum absolute atomic E-state index is 0.0216. The maximum absolute atomic E-state index is 14.6. The Kier molecular flexibility index (Phi) is 11.2. The van der Waals surface area contributed by atoms with Gasteiger partial charge in [0.25, 0.3) is 5.56 Å². The highest BCUT2D eigenvalue weighted by atomic mass is 32.1. The first-order valence-corrected chi connectivity index (χ1v) is 21.6. The van der Waals surface area contributed by atoms with Gasteiger partial charge in [-0.25, -0.2) is 0 Å². The van der Waals surface area contributed by atoms with E-state index in [9.17, 15) is 14.4 Å². The van der Waals surface area contributed by atoms with Crippen LogP contribution in [0.4, 0.5) is 34.9 Å². The van der Waals surface area contributed by atoms with E-state index in [0.717, 1.165) is 19.3 Å². The topological polar surface area (TPSA) is 157 Å². The molecule has 5 N–H and O–H groups in total. The van der Waals surface area contributed by atoms with Gasteiger partial charge in [-0.05, 0) is 78.5 Å². The van der Waals surface area contributed by atoms with Crippen molar-refractivity contribution in [3.05, 3.63) is 105 Å². The highest BCUT2D eigenvalue weighted by Crippen LogP contribution is 2.47. The van der Waals surface area contributed by atoms with E-state index in [-0.39, 0.29) is 29.3 Å². The molecule has 308 valence electrons. The summed E-state index contributed by atoms with van der Waals surface area (Å²) in [5, 5.41) is 10.8. The van der Waals surface area contributed by atoms with Crippen molar-refractivity contribution in [1.82, 2.24) is 19.5 Å². The number of aromatic nitrogens is 4. The predicted molar refractivity (Wildman–Crippen MR) is 250 cm³/mol. The Labute approximate surface area is 365 Å². The molecule has 1 fully saturated rings. The lowest BCUT2D eigenvalue weighted by atomic mass is 9.64. The van der Waals surface area contributed by atoms with Crippen LogP contribution in [0, 0.1) is 17.3 Å². The van der Waals surface area contributed by atoms with E-state index in [4.69, 9.17) is 36.0 Å². The van der Waals surface area contributed by atoms with Gasteiger partial charge in [-0.2, -0.15) is 15.0 Å². The summed E-state index contributed by atoms with van der Waals surface area (Å²) in [6, 6.07) is 21.2. The van der Waals surface area contributed by atoms with Crippen LogP contribution in [0.2, 0.25) is 0 Å². The van der Waals surface area contributed by atoms with Crippen molar-refractivity contribution in [3.63, 3.8) is 0 Å². The second kappa shape index (κ2) is 16.3. The first-order valence-electron chi connectivity index (χ1n) is 20.3. The molecule has 3 unspecified atom stereocenters. The largest absolute Gasteiger partial charge is 0.368 e. The van der Waals surface area contributed by atoms with Crippen molar-refractivity contribution in [1.29, 1.82) is 0 Å². The summed E-state index contributed by atoms with van der Waals surface area (Å²) in [5.74, 6) is 1.10. The van der Waals surface area contributed by atoms with Gasteiger partial charge in [0.05, 0.1) is 33.7 Å². The Morgan fingerprint density at radius 2 is 1.53 bits per heavy atom. The fraction of sp³-hybridized carbons (Fsp3) is 0.304. The lowest BCUT2D eigenvalue weighted by molar-refractivity contribution is 0.0970. The third kappa shape index (κ3) is 7.43. The maximum Gasteiger partial charge on any atom is 0.262 e. The van der Waals surface area contributed by atoms with Crippen LogP contribution in [0.5, 0.6) is 0 Å². The fourth-order valence-electron chi connectivity index (χ4n) is 9.07. The van der Waals surface area contributed by atoms with Crippen LogP contribution in [0.15, 0.2) is 92.3 Å². The van der Waals surface area contributed by atoms with Crippen molar-refractivity contribution < 1.29 is 9.59 Å². The monoisotopic (exact) mass is 856 g/mol. The summed E-state index contributed by atoms with van der Waals surface area (Å²) in [4.78, 5) is 58.2. The van der Waals surface area contributed by atoms with Crippen LogP contribution in [0.1, 0.15) is 91.6 Å². The van der Waals surface area contributed by atoms with Crippen LogP contribution in [0.3, 0.4) is 0 Å². The molecule has 0 radical (unpaired) electrons. The number of thiol groups is 3. The number of fused-ring (bicyclic) bond motifs is 2. The number of anilines is 6. The molecule has 0 aliphatic heterocycles. The van der Waals surface area contributed by atoms with E-state index in [1.807, 2.05) is 0 Å². The highest BCUT2D eigenvalue weighted by molar-refractivity contribution is 7.81. The van der Waals surface area contributed by atoms with E-state index in [1.165, 1.54) is 17.4 Å². The van der Waals surface area contributed by atoms with Gasteiger partial charge >= 0.3 is 0 Å². The summed E-state index contributed by atoms with van der Waals surface area (Å²) in [6.07, 6.45) is 5.63. The van der Waals surface area contributed by atoms with E-state index >= 15 is 0 Å². The average molecular weight is 857 g/mol. The number of pyridine rings is 1. The number of aryl methyl sites for hydroxylation is 1. The van der Waals surface area contributed by atoms with Gasteiger partial charge < -0.3 is 26.3 Å². The van der Waals surface area contributed by atoms with E-state index in [1.54, 1.807) is 79.8 Å². The van der Waals surface area contributed by atoms with Gasteiger partial charge in [0.1, 0.15) is 0 Å². The van der Waals surface area contributed by atoms with Crippen LogP contribution in [0.25, 0.3) is 22.0 Å². The predicted octanol–water partition coefficient (Wildman–Crippen LogP) is 10.1. The Balaban J connectivity index is 1.14. The van der Waals surface area contributed by atoms with Gasteiger partial charge in [-0.15, -0.1) is 37.9 Å². The number of rotatable bonds is 11. The Morgan fingerprint density at radius 3 is 2.23 bits per heavy atom. The molecule has 0 saturated heterocycles. The molecule has 8 rings (SSSR count). The van der Waals surface area contributed by atoms with Crippen molar-refractivity contribution in [3.8, 4) is 11.1 Å². The summed E-state index contributed by atoms with van der Waals surface area (Å²) >= 11 is 14.0. The molecule has 4 aromatic carbocycles. The van der Waals surface area contributed by atoms with Crippen LogP contribution in [-0.2, 0) is 7.05 Å². The molecule has 3 atom stereocenters. The minimum atomic E-state index is -0.466. The normalized spacial score (nSPS) is 17.3. The third-order valence-corrected chi connectivity index (χ3v) is 14.0. The number of nitrogens with one attached hydrogen (secondary N) is 3. The second-order valence-corrected chi connectivity index (χ2v) is 17.8. The molecule has 0 spiro atoms. The maximum atomic E-state index is 14.6. The van der Waals surface area contributed by atoms with Gasteiger partial charge in [0.15, 0.2) is 11.6 Å². The zero-order valence-corrected chi connectivity index (χ0v) is 36.8. The van der Waals surface area contributed by atoms with Gasteiger partial charge in [0.2, 0.25) is 17.8 Å². The SMILES string of the molecule is CCC(C)(CC)C1CCC(Nc2nc(N)nc(Nc3cc(Nc4ccc5c6c4C(=O)c4ccccc4-c6c(C(=O)c4cccc(S)c4)c(=O)n5C)c(S)cc3S)n2)C(C)C1. The van der Waals surface area contributed by atoms with Gasteiger partial charge in [-0.3, -0.25) is 14.4 Å².